The van der Waals surface area contributed by atoms with E-state index >= 15 is 0 Å². The van der Waals surface area contributed by atoms with Gasteiger partial charge in [-0.2, -0.15) is 0 Å². The van der Waals surface area contributed by atoms with Crippen LogP contribution in [0.3, 0.4) is 0 Å². The van der Waals surface area contributed by atoms with Gasteiger partial charge in [0.05, 0.1) is 19.8 Å². The smallest absolute Gasteiger partial charge is 0.406 e. The van der Waals surface area contributed by atoms with E-state index in [2.05, 4.69) is 21.6 Å². The summed E-state index contributed by atoms with van der Waals surface area (Å²) in [6.45, 7) is 6.77. The van der Waals surface area contributed by atoms with Crippen molar-refractivity contribution in [3.63, 3.8) is 0 Å². The molecule has 3 N–H and O–H groups in total. The molecular formula is C14H18F3N3O2. The van der Waals surface area contributed by atoms with E-state index in [9.17, 15) is 13.2 Å². The van der Waals surface area contributed by atoms with Crippen molar-refractivity contribution in [3.05, 3.63) is 36.4 Å². The van der Waals surface area contributed by atoms with E-state index in [1.54, 1.807) is 0 Å². The minimum absolute atomic E-state index is 0.142. The van der Waals surface area contributed by atoms with Crippen LogP contribution in [0.4, 0.5) is 18.9 Å². The molecule has 0 unspecified atom stereocenters. The van der Waals surface area contributed by atoms with Crippen LogP contribution in [-0.4, -0.2) is 32.1 Å². The topological polar surface area (TPSA) is 68.9 Å². The molecule has 0 aliphatic heterocycles. The Bertz CT molecular complexity index is 513. The summed E-state index contributed by atoms with van der Waals surface area (Å²) in [6.07, 6.45) is -4.71. The van der Waals surface area contributed by atoms with Gasteiger partial charge in [0.25, 0.3) is 0 Å². The fraction of sp³-hybridized carbons (Fsp3) is 0.357. The first kappa shape index (κ1) is 17.8. The first-order valence-electron chi connectivity index (χ1n) is 6.41. The van der Waals surface area contributed by atoms with Gasteiger partial charge in [0.2, 0.25) is 0 Å². The van der Waals surface area contributed by atoms with Crippen LogP contribution >= 0.6 is 0 Å². The molecule has 0 saturated carbocycles. The molecule has 0 aliphatic carbocycles. The Morgan fingerprint density at radius 2 is 1.95 bits per heavy atom. The Hall–Kier alpha value is -2.22. The lowest BCUT2D eigenvalue weighted by molar-refractivity contribution is -0.274. The monoisotopic (exact) mass is 317 g/mol. The van der Waals surface area contributed by atoms with Gasteiger partial charge < -0.3 is 20.5 Å². The number of nitrogens with two attached hydrogens (primary N) is 1. The number of benzene rings is 1. The lowest BCUT2D eigenvalue weighted by atomic mass is 10.3. The van der Waals surface area contributed by atoms with Crippen LogP contribution in [0.25, 0.3) is 0 Å². The normalized spacial score (nSPS) is 12.1. The minimum Gasteiger partial charge on any atom is -0.406 e. The van der Waals surface area contributed by atoms with Crippen LogP contribution in [0.1, 0.15) is 6.92 Å². The van der Waals surface area contributed by atoms with Gasteiger partial charge in [0.15, 0.2) is 5.96 Å². The maximum Gasteiger partial charge on any atom is 0.573 e. The van der Waals surface area contributed by atoms with Crippen LogP contribution < -0.4 is 15.8 Å². The number of hydrogen-bond acceptors (Lipinski definition) is 3. The van der Waals surface area contributed by atoms with Gasteiger partial charge in [-0.25, -0.2) is 0 Å². The lowest BCUT2D eigenvalue weighted by Crippen LogP contribution is -2.23. The molecule has 1 aromatic carbocycles. The Balaban J connectivity index is 2.40. The Morgan fingerprint density at radius 1 is 1.32 bits per heavy atom. The number of hydrogen-bond donors (Lipinski definition) is 2. The number of alkyl halides is 3. The first-order valence-corrected chi connectivity index (χ1v) is 6.41. The molecule has 1 aromatic rings. The third kappa shape index (κ3) is 8.15. The van der Waals surface area contributed by atoms with E-state index in [0.717, 1.165) is 5.57 Å². The van der Waals surface area contributed by atoms with Crippen LogP contribution in [0, 0.1) is 0 Å². The number of rotatable bonds is 7. The van der Waals surface area contributed by atoms with Gasteiger partial charge in [0, 0.05) is 5.69 Å². The molecule has 0 bridgehead atoms. The van der Waals surface area contributed by atoms with Gasteiger partial charge in [0.1, 0.15) is 5.75 Å². The average Bonchev–Trinajstić information content (AvgIpc) is 2.38. The zero-order chi connectivity index (χ0) is 16.6. The Kier molecular flexibility index (Phi) is 6.71. The fourth-order valence-corrected chi connectivity index (χ4v) is 1.40. The highest BCUT2D eigenvalue weighted by Gasteiger charge is 2.30. The number of halogens is 3. The fourth-order valence-electron chi connectivity index (χ4n) is 1.40. The van der Waals surface area contributed by atoms with Crippen molar-refractivity contribution >= 4 is 11.6 Å². The molecule has 0 fully saturated rings. The van der Waals surface area contributed by atoms with Gasteiger partial charge in [-0.3, -0.25) is 4.99 Å². The first-order chi connectivity index (χ1) is 10.3. The van der Waals surface area contributed by atoms with E-state index in [0.29, 0.717) is 25.4 Å². The third-order valence-electron chi connectivity index (χ3n) is 2.23. The quantitative estimate of drug-likeness (QED) is 0.351. The highest BCUT2D eigenvalue weighted by molar-refractivity contribution is 5.92. The van der Waals surface area contributed by atoms with Crippen molar-refractivity contribution in [1.82, 2.24) is 0 Å². The number of ether oxygens (including phenoxy) is 2. The van der Waals surface area contributed by atoms with E-state index in [4.69, 9.17) is 10.5 Å². The van der Waals surface area contributed by atoms with E-state index < -0.39 is 6.36 Å². The molecule has 0 radical (unpaired) electrons. The number of anilines is 1. The highest BCUT2D eigenvalue weighted by atomic mass is 19.4. The Labute approximate surface area is 126 Å². The van der Waals surface area contributed by atoms with Crippen molar-refractivity contribution in [2.45, 2.75) is 13.3 Å². The molecule has 0 atom stereocenters. The van der Waals surface area contributed by atoms with Crippen molar-refractivity contribution in [3.8, 4) is 5.75 Å². The predicted octanol–water partition coefficient (Wildman–Crippen LogP) is 2.90. The van der Waals surface area contributed by atoms with Gasteiger partial charge in [-0.15, -0.1) is 13.2 Å². The SMILES string of the molecule is C=C(C)COCCN=C(N)Nc1ccc(OC(F)(F)F)cc1. The summed E-state index contributed by atoms with van der Waals surface area (Å²) in [4.78, 5) is 4.02. The molecule has 1 rings (SSSR count). The van der Waals surface area contributed by atoms with Crippen LogP contribution in [0.5, 0.6) is 5.75 Å². The molecule has 8 heteroatoms. The van der Waals surface area contributed by atoms with Crippen LogP contribution in [-0.2, 0) is 4.74 Å². The zero-order valence-electron chi connectivity index (χ0n) is 12.1. The second kappa shape index (κ2) is 8.28. The summed E-state index contributed by atoms with van der Waals surface area (Å²) in [6, 6.07) is 5.17. The van der Waals surface area contributed by atoms with E-state index in [1.165, 1.54) is 24.3 Å². The van der Waals surface area contributed by atoms with Crippen molar-refractivity contribution in [2.75, 3.05) is 25.1 Å². The maximum atomic E-state index is 12.0. The molecular weight excluding hydrogens is 299 g/mol. The largest absolute Gasteiger partial charge is 0.573 e. The third-order valence-corrected chi connectivity index (χ3v) is 2.23. The molecule has 0 spiro atoms. The van der Waals surface area contributed by atoms with Gasteiger partial charge in [-0.05, 0) is 31.2 Å². The summed E-state index contributed by atoms with van der Waals surface area (Å²) >= 11 is 0. The zero-order valence-corrected chi connectivity index (χ0v) is 12.1. The predicted molar refractivity (Wildman–Crippen MR) is 78.9 cm³/mol. The second-order valence-corrected chi connectivity index (χ2v) is 4.47. The number of nitrogens with one attached hydrogen (secondary N) is 1. The lowest BCUT2D eigenvalue weighted by Gasteiger charge is -2.10. The summed E-state index contributed by atoms with van der Waals surface area (Å²) in [5.41, 5.74) is 7.05. The van der Waals surface area contributed by atoms with E-state index in [1.807, 2.05) is 6.92 Å². The second-order valence-electron chi connectivity index (χ2n) is 4.47. The summed E-state index contributed by atoms with van der Waals surface area (Å²) in [5.74, 6) is -0.162. The molecule has 0 heterocycles. The molecule has 0 aliphatic rings. The summed E-state index contributed by atoms with van der Waals surface area (Å²) in [5, 5.41) is 2.75. The molecule has 0 amide bonds. The van der Waals surface area contributed by atoms with Crippen molar-refractivity contribution in [2.24, 2.45) is 10.7 Å². The van der Waals surface area contributed by atoms with Gasteiger partial charge in [-0.1, -0.05) is 12.2 Å². The molecule has 0 aromatic heterocycles. The molecule has 5 nitrogen and oxygen atoms in total. The minimum atomic E-state index is -4.71. The average molecular weight is 317 g/mol. The van der Waals surface area contributed by atoms with E-state index in [-0.39, 0.29) is 11.7 Å². The van der Waals surface area contributed by atoms with Crippen LogP contribution in [0.2, 0.25) is 0 Å². The van der Waals surface area contributed by atoms with Crippen molar-refractivity contribution in [1.29, 1.82) is 0 Å². The molecule has 0 saturated heterocycles. The number of guanidine groups is 1. The van der Waals surface area contributed by atoms with Gasteiger partial charge >= 0.3 is 6.36 Å². The van der Waals surface area contributed by atoms with Crippen molar-refractivity contribution < 1.29 is 22.6 Å². The maximum absolute atomic E-state index is 12.0. The number of aliphatic imine (C=N–C) groups is 1. The highest BCUT2D eigenvalue weighted by Crippen LogP contribution is 2.23. The van der Waals surface area contributed by atoms with Crippen LogP contribution in [0.15, 0.2) is 41.4 Å². The Morgan fingerprint density at radius 3 is 2.50 bits per heavy atom. The summed E-state index contributed by atoms with van der Waals surface area (Å²) in [7, 11) is 0. The number of nitrogens with zero attached hydrogens (tertiary/aromatic N) is 1. The molecule has 122 valence electrons. The summed E-state index contributed by atoms with van der Waals surface area (Å²) < 4.78 is 45.0. The standard InChI is InChI=1S/C14H18F3N3O2/c1-10(2)9-21-8-7-19-13(18)20-11-3-5-12(6-4-11)22-14(15,16)17/h3-6H,1,7-9H2,2H3,(H3,18,19,20). The molecule has 22 heavy (non-hydrogen) atoms.